The SMILES string of the molecule is CCn1cc(-c2cc(C(=O)N[C@H](C)COC)cc(-c3ccc(C)cc3)c2)nn1. The number of nitrogens with zero attached hydrogens (tertiary/aromatic N) is 3. The van der Waals surface area contributed by atoms with Crippen LogP contribution in [0.4, 0.5) is 0 Å². The third-order valence-corrected chi connectivity index (χ3v) is 4.53. The second-order valence-electron chi connectivity index (χ2n) is 6.95. The molecule has 1 aromatic heterocycles. The largest absolute Gasteiger partial charge is 0.383 e. The summed E-state index contributed by atoms with van der Waals surface area (Å²) in [4.78, 5) is 12.8. The van der Waals surface area contributed by atoms with Gasteiger partial charge in [-0.25, -0.2) is 0 Å². The Morgan fingerprint density at radius 1 is 1.14 bits per heavy atom. The maximum atomic E-state index is 12.8. The van der Waals surface area contributed by atoms with E-state index < -0.39 is 0 Å². The van der Waals surface area contributed by atoms with Gasteiger partial charge in [0.05, 0.1) is 12.8 Å². The number of amides is 1. The van der Waals surface area contributed by atoms with Crippen molar-refractivity contribution in [3.8, 4) is 22.4 Å². The number of hydrogen-bond acceptors (Lipinski definition) is 4. The molecule has 6 heteroatoms. The van der Waals surface area contributed by atoms with Crippen LogP contribution >= 0.6 is 0 Å². The first kappa shape index (κ1) is 19.8. The Morgan fingerprint density at radius 3 is 2.50 bits per heavy atom. The smallest absolute Gasteiger partial charge is 0.251 e. The van der Waals surface area contributed by atoms with Gasteiger partial charge in [-0.3, -0.25) is 9.48 Å². The molecule has 0 spiro atoms. The summed E-state index contributed by atoms with van der Waals surface area (Å²) in [6, 6.07) is 14.0. The van der Waals surface area contributed by atoms with E-state index in [1.807, 2.05) is 38.2 Å². The molecule has 0 aliphatic heterocycles. The summed E-state index contributed by atoms with van der Waals surface area (Å²) in [5.41, 5.74) is 5.40. The molecule has 0 saturated heterocycles. The molecule has 1 atom stereocenters. The fraction of sp³-hybridized carbons (Fsp3) is 0.318. The normalized spacial score (nSPS) is 12.0. The molecule has 2 aromatic carbocycles. The fourth-order valence-electron chi connectivity index (χ4n) is 3.00. The van der Waals surface area contributed by atoms with Crippen molar-refractivity contribution in [3.05, 3.63) is 59.8 Å². The second-order valence-corrected chi connectivity index (χ2v) is 6.95. The average molecular weight is 378 g/mol. The third-order valence-electron chi connectivity index (χ3n) is 4.53. The van der Waals surface area contributed by atoms with E-state index in [2.05, 4.69) is 46.8 Å². The molecule has 6 nitrogen and oxygen atoms in total. The Bertz CT molecular complexity index is 947. The van der Waals surface area contributed by atoms with Crippen molar-refractivity contribution in [1.82, 2.24) is 20.3 Å². The van der Waals surface area contributed by atoms with Crippen LogP contribution in [0.3, 0.4) is 0 Å². The van der Waals surface area contributed by atoms with Crippen molar-refractivity contribution in [2.24, 2.45) is 0 Å². The molecule has 0 fully saturated rings. The van der Waals surface area contributed by atoms with Crippen LogP contribution in [0.1, 0.15) is 29.8 Å². The molecule has 0 saturated carbocycles. The van der Waals surface area contributed by atoms with E-state index in [9.17, 15) is 4.79 Å². The lowest BCUT2D eigenvalue weighted by atomic mass is 9.97. The van der Waals surface area contributed by atoms with Crippen molar-refractivity contribution >= 4 is 5.91 Å². The monoisotopic (exact) mass is 378 g/mol. The number of methoxy groups -OCH3 is 1. The highest BCUT2D eigenvalue weighted by atomic mass is 16.5. The van der Waals surface area contributed by atoms with Gasteiger partial charge in [0, 0.05) is 30.8 Å². The quantitative estimate of drug-likeness (QED) is 0.681. The first-order valence-corrected chi connectivity index (χ1v) is 9.42. The number of carbonyl (C=O) groups is 1. The Morgan fingerprint density at radius 2 is 1.86 bits per heavy atom. The van der Waals surface area contributed by atoms with Crippen molar-refractivity contribution < 1.29 is 9.53 Å². The lowest BCUT2D eigenvalue weighted by Crippen LogP contribution is -2.35. The maximum Gasteiger partial charge on any atom is 0.251 e. The molecule has 28 heavy (non-hydrogen) atoms. The number of nitrogens with one attached hydrogen (secondary N) is 1. The van der Waals surface area contributed by atoms with Crippen molar-refractivity contribution in [1.29, 1.82) is 0 Å². The van der Waals surface area contributed by atoms with Crippen LogP contribution in [0.2, 0.25) is 0 Å². The van der Waals surface area contributed by atoms with E-state index in [1.54, 1.807) is 11.8 Å². The van der Waals surface area contributed by atoms with Crippen molar-refractivity contribution in [2.45, 2.75) is 33.4 Å². The molecule has 1 N–H and O–H groups in total. The molecule has 0 unspecified atom stereocenters. The zero-order chi connectivity index (χ0) is 20.1. The summed E-state index contributed by atoms with van der Waals surface area (Å²) in [6.07, 6.45) is 1.89. The number of carbonyl (C=O) groups excluding carboxylic acids is 1. The minimum Gasteiger partial charge on any atom is -0.383 e. The molecule has 1 amide bonds. The van der Waals surface area contributed by atoms with Crippen LogP contribution in [0.25, 0.3) is 22.4 Å². The van der Waals surface area contributed by atoms with Gasteiger partial charge in [-0.15, -0.1) is 5.10 Å². The molecule has 0 radical (unpaired) electrons. The van der Waals surface area contributed by atoms with E-state index in [1.165, 1.54) is 5.56 Å². The summed E-state index contributed by atoms with van der Waals surface area (Å²) >= 11 is 0. The summed E-state index contributed by atoms with van der Waals surface area (Å²) in [7, 11) is 1.62. The predicted octanol–water partition coefficient (Wildman–Crippen LogP) is 3.71. The van der Waals surface area contributed by atoms with Gasteiger partial charge in [-0.05, 0) is 50.1 Å². The predicted molar refractivity (Wildman–Crippen MR) is 110 cm³/mol. The second kappa shape index (κ2) is 8.80. The first-order chi connectivity index (χ1) is 13.5. The summed E-state index contributed by atoms with van der Waals surface area (Å²) in [5.74, 6) is -0.136. The van der Waals surface area contributed by atoms with E-state index >= 15 is 0 Å². The summed E-state index contributed by atoms with van der Waals surface area (Å²) < 4.78 is 6.89. The number of ether oxygens (including phenoxy) is 1. The standard InChI is InChI=1S/C22H26N4O2/c1-5-26-13-21(24-25-26)19-10-18(17-8-6-15(2)7-9-17)11-20(12-19)22(27)23-16(3)14-28-4/h6-13,16H,5,14H2,1-4H3,(H,23,27)/t16-/m1/s1. The molecule has 0 bridgehead atoms. The minimum absolute atomic E-state index is 0.0788. The Hall–Kier alpha value is -2.99. The molecule has 1 heterocycles. The summed E-state index contributed by atoms with van der Waals surface area (Å²) in [5, 5.41) is 11.4. The molecule has 3 rings (SSSR count). The molecule has 146 valence electrons. The molecule has 0 aliphatic carbocycles. The number of aryl methyl sites for hydroxylation is 2. The Balaban J connectivity index is 2.02. The fourth-order valence-corrected chi connectivity index (χ4v) is 3.00. The topological polar surface area (TPSA) is 69.0 Å². The first-order valence-electron chi connectivity index (χ1n) is 9.42. The highest BCUT2D eigenvalue weighted by molar-refractivity contribution is 5.97. The van der Waals surface area contributed by atoms with Gasteiger partial charge in [-0.2, -0.15) is 0 Å². The third kappa shape index (κ3) is 4.64. The van der Waals surface area contributed by atoms with Crippen LogP contribution in [-0.2, 0) is 11.3 Å². The van der Waals surface area contributed by atoms with Crippen LogP contribution in [0, 0.1) is 6.92 Å². The van der Waals surface area contributed by atoms with E-state index in [0.29, 0.717) is 12.2 Å². The number of hydrogen-bond donors (Lipinski definition) is 1. The minimum atomic E-state index is -0.136. The molecule has 3 aromatic rings. The number of rotatable bonds is 7. The van der Waals surface area contributed by atoms with Crippen molar-refractivity contribution in [2.75, 3.05) is 13.7 Å². The molecular formula is C22H26N4O2. The van der Waals surface area contributed by atoms with Crippen LogP contribution in [0.15, 0.2) is 48.7 Å². The highest BCUT2D eigenvalue weighted by Crippen LogP contribution is 2.27. The maximum absolute atomic E-state index is 12.8. The molecule has 0 aliphatic rings. The van der Waals surface area contributed by atoms with Gasteiger partial charge in [-0.1, -0.05) is 35.0 Å². The van der Waals surface area contributed by atoms with Gasteiger partial charge in [0.1, 0.15) is 5.69 Å². The average Bonchev–Trinajstić information content (AvgIpc) is 3.17. The van der Waals surface area contributed by atoms with Crippen LogP contribution in [0.5, 0.6) is 0 Å². The van der Waals surface area contributed by atoms with E-state index in [-0.39, 0.29) is 11.9 Å². The number of benzene rings is 2. The van der Waals surface area contributed by atoms with E-state index in [0.717, 1.165) is 28.9 Å². The van der Waals surface area contributed by atoms with Gasteiger partial charge in [0.2, 0.25) is 0 Å². The lowest BCUT2D eigenvalue weighted by molar-refractivity contribution is 0.0905. The zero-order valence-corrected chi connectivity index (χ0v) is 16.8. The summed E-state index contributed by atoms with van der Waals surface area (Å²) in [6.45, 7) is 7.18. The van der Waals surface area contributed by atoms with Crippen molar-refractivity contribution in [3.63, 3.8) is 0 Å². The zero-order valence-electron chi connectivity index (χ0n) is 16.8. The highest BCUT2D eigenvalue weighted by Gasteiger charge is 2.14. The lowest BCUT2D eigenvalue weighted by Gasteiger charge is -2.14. The van der Waals surface area contributed by atoms with Gasteiger partial charge in [0.25, 0.3) is 5.91 Å². The van der Waals surface area contributed by atoms with Gasteiger partial charge < -0.3 is 10.1 Å². The Kier molecular flexibility index (Phi) is 6.21. The Labute approximate surface area is 165 Å². The molecular weight excluding hydrogens is 352 g/mol. The van der Waals surface area contributed by atoms with Gasteiger partial charge >= 0.3 is 0 Å². The van der Waals surface area contributed by atoms with E-state index in [4.69, 9.17) is 4.74 Å². The van der Waals surface area contributed by atoms with Gasteiger partial charge in [0.15, 0.2) is 0 Å². The van der Waals surface area contributed by atoms with Crippen LogP contribution in [-0.4, -0.2) is 40.7 Å². The van der Waals surface area contributed by atoms with Crippen LogP contribution < -0.4 is 5.32 Å². The number of aromatic nitrogens is 3.